The Morgan fingerprint density at radius 2 is 2.00 bits per heavy atom. The number of nitrogens with one attached hydrogen (secondary N) is 1. The summed E-state index contributed by atoms with van der Waals surface area (Å²) >= 11 is 0. The minimum Gasteiger partial charge on any atom is -0.388 e. The molecule has 5 heteroatoms. The van der Waals surface area contributed by atoms with Gasteiger partial charge in [-0.1, -0.05) is 13.8 Å². The van der Waals surface area contributed by atoms with Crippen LogP contribution in [0, 0.1) is 13.8 Å². The van der Waals surface area contributed by atoms with Crippen LogP contribution < -0.4 is 5.32 Å². The summed E-state index contributed by atoms with van der Waals surface area (Å²) in [7, 11) is 0. The molecule has 0 fully saturated rings. The van der Waals surface area contributed by atoms with Crippen LogP contribution in [0.15, 0.2) is 6.20 Å². The Hall–Kier alpha value is -1.49. The summed E-state index contributed by atoms with van der Waals surface area (Å²) in [5.41, 5.74) is 0.265. The number of nitrogens with zero attached hydrogens (tertiary/aromatic N) is 2. The van der Waals surface area contributed by atoms with E-state index in [1.165, 1.54) is 6.20 Å². The number of amides is 1. The molecule has 0 unspecified atom stereocenters. The molecule has 0 saturated heterocycles. The molecule has 0 aliphatic heterocycles. The minimum atomic E-state index is -0.838. The second-order valence-corrected chi connectivity index (χ2v) is 4.53. The third kappa shape index (κ3) is 3.50. The second-order valence-electron chi connectivity index (χ2n) is 4.53. The molecule has 1 rings (SSSR count). The quantitative estimate of drug-likeness (QED) is 0.829. The highest BCUT2D eigenvalue weighted by molar-refractivity contribution is 5.94. The number of rotatable bonds is 5. The van der Waals surface area contributed by atoms with Gasteiger partial charge < -0.3 is 10.4 Å². The number of aliphatic hydroxyl groups is 1. The summed E-state index contributed by atoms with van der Waals surface area (Å²) in [6.45, 7) is 7.59. The molecular formula is C13H21N3O2. The van der Waals surface area contributed by atoms with Crippen molar-refractivity contribution < 1.29 is 9.90 Å². The molecule has 0 aliphatic carbocycles. The molecule has 0 aliphatic rings. The van der Waals surface area contributed by atoms with Crippen molar-refractivity contribution in [2.24, 2.45) is 0 Å². The van der Waals surface area contributed by atoms with Crippen molar-refractivity contribution in [3.05, 3.63) is 23.3 Å². The Labute approximate surface area is 108 Å². The molecule has 2 N–H and O–H groups in total. The molecule has 1 aromatic heterocycles. The zero-order valence-corrected chi connectivity index (χ0v) is 11.4. The first-order valence-electron chi connectivity index (χ1n) is 6.22. The van der Waals surface area contributed by atoms with E-state index in [9.17, 15) is 9.90 Å². The Morgan fingerprint density at radius 3 is 2.50 bits per heavy atom. The van der Waals surface area contributed by atoms with Gasteiger partial charge in [0, 0.05) is 12.7 Å². The first-order chi connectivity index (χ1) is 8.41. The van der Waals surface area contributed by atoms with Crippen LogP contribution >= 0.6 is 0 Å². The summed E-state index contributed by atoms with van der Waals surface area (Å²) in [5, 5.41) is 12.8. The molecular weight excluding hydrogens is 230 g/mol. The lowest BCUT2D eigenvalue weighted by Crippen LogP contribution is -2.42. The zero-order chi connectivity index (χ0) is 13.8. The summed E-state index contributed by atoms with van der Waals surface area (Å²) in [6.07, 6.45) is 2.73. The summed E-state index contributed by atoms with van der Waals surface area (Å²) < 4.78 is 0. The van der Waals surface area contributed by atoms with Gasteiger partial charge >= 0.3 is 0 Å². The van der Waals surface area contributed by atoms with E-state index in [1.807, 2.05) is 13.8 Å². The molecule has 0 saturated carbocycles. The predicted octanol–water partition coefficient (Wildman–Crippen LogP) is 1.37. The van der Waals surface area contributed by atoms with E-state index >= 15 is 0 Å². The van der Waals surface area contributed by atoms with Gasteiger partial charge in [0.05, 0.1) is 16.9 Å². The SMILES string of the molecule is CCC(O)(CC)CNC(=O)c1cnc(C)nc1C. The van der Waals surface area contributed by atoms with Gasteiger partial charge in [-0.05, 0) is 26.7 Å². The Bertz CT molecular complexity index is 428. The smallest absolute Gasteiger partial charge is 0.254 e. The normalized spacial score (nSPS) is 11.4. The Balaban J connectivity index is 2.71. The van der Waals surface area contributed by atoms with Gasteiger partial charge in [0.1, 0.15) is 5.82 Å². The maximum absolute atomic E-state index is 12.0. The summed E-state index contributed by atoms with van der Waals surface area (Å²) in [6, 6.07) is 0. The summed E-state index contributed by atoms with van der Waals surface area (Å²) in [4.78, 5) is 20.1. The van der Waals surface area contributed by atoms with E-state index in [2.05, 4.69) is 15.3 Å². The average Bonchev–Trinajstić information content (AvgIpc) is 2.35. The van der Waals surface area contributed by atoms with E-state index in [0.29, 0.717) is 29.9 Å². The van der Waals surface area contributed by atoms with Gasteiger partial charge in [0.25, 0.3) is 5.91 Å². The standard InChI is InChI=1S/C13H21N3O2/c1-5-13(18,6-2)8-15-12(17)11-7-14-10(4)16-9(11)3/h7,18H,5-6,8H2,1-4H3,(H,15,17). The van der Waals surface area contributed by atoms with E-state index in [4.69, 9.17) is 0 Å². The minimum absolute atomic E-state index is 0.242. The lowest BCUT2D eigenvalue weighted by atomic mass is 9.97. The maximum Gasteiger partial charge on any atom is 0.254 e. The highest BCUT2D eigenvalue weighted by atomic mass is 16.3. The molecule has 0 bridgehead atoms. The van der Waals surface area contributed by atoms with Crippen molar-refractivity contribution in [1.82, 2.24) is 15.3 Å². The molecule has 0 radical (unpaired) electrons. The second kappa shape index (κ2) is 5.91. The van der Waals surface area contributed by atoms with Crippen molar-refractivity contribution in [1.29, 1.82) is 0 Å². The van der Waals surface area contributed by atoms with Crippen LogP contribution in [0.5, 0.6) is 0 Å². The lowest BCUT2D eigenvalue weighted by molar-refractivity contribution is 0.0313. The van der Waals surface area contributed by atoms with E-state index in [-0.39, 0.29) is 12.5 Å². The van der Waals surface area contributed by atoms with E-state index < -0.39 is 5.60 Å². The highest BCUT2D eigenvalue weighted by Gasteiger charge is 2.23. The average molecular weight is 251 g/mol. The number of aromatic nitrogens is 2. The van der Waals surface area contributed by atoms with Crippen molar-refractivity contribution in [3.8, 4) is 0 Å². The van der Waals surface area contributed by atoms with Crippen molar-refractivity contribution >= 4 is 5.91 Å². The zero-order valence-electron chi connectivity index (χ0n) is 11.4. The molecule has 0 atom stereocenters. The van der Waals surface area contributed by atoms with Crippen molar-refractivity contribution in [3.63, 3.8) is 0 Å². The first kappa shape index (κ1) is 14.6. The van der Waals surface area contributed by atoms with Crippen LogP contribution in [-0.4, -0.2) is 33.1 Å². The number of aryl methyl sites for hydroxylation is 2. The monoisotopic (exact) mass is 251 g/mol. The van der Waals surface area contributed by atoms with Crippen LogP contribution in [0.1, 0.15) is 48.6 Å². The van der Waals surface area contributed by atoms with E-state index in [1.54, 1.807) is 13.8 Å². The molecule has 0 spiro atoms. The van der Waals surface area contributed by atoms with Crippen LogP contribution in [0.2, 0.25) is 0 Å². The molecule has 1 aromatic rings. The van der Waals surface area contributed by atoms with Gasteiger partial charge in [0.15, 0.2) is 0 Å². The topological polar surface area (TPSA) is 75.1 Å². The number of hydrogen-bond donors (Lipinski definition) is 2. The number of carbonyl (C=O) groups excluding carboxylic acids is 1. The molecule has 0 aromatic carbocycles. The van der Waals surface area contributed by atoms with Crippen molar-refractivity contribution in [2.45, 2.75) is 46.1 Å². The molecule has 18 heavy (non-hydrogen) atoms. The Kier molecular flexibility index (Phi) is 4.78. The van der Waals surface area contributed by atoms with Crippen LogP contribution in [0.4, 0.5) is 0 Å². The summed E-state index contributed by atoms with van der Waals surface area (Å²) in [5.74, 6) is 0.399. The highest BCUT2D eigenvalue weighted by Crippen LogP contribution is 2.13. The number of hydrogen-bond acceptors (Lipinski definition) is 4. The largest absolute Gasteiger partial charge is 0.388 e. The van der Waals surface area contributed by atoms with Crippen molar-refractivity contribution in [2.75, 3.05) is 6.54 Å². The van der Waals surface area contributed by atoms with Gasteiger partial charge in [-0.15, -0.1) is 0 Å². The van der Waals surface area contributed by atoms with Gasteiger partial charge in [-0.3, -0.25) is 4.79 Å². The molecule has 100 valence electrons. The first-order valence-corrected chi connectivity index (χ1v) is 6.22. The fourth-order valence-electron chi connectivity index (χ4n) is 1.65. The molecule has 5 nitrogen and oxygen atoms in total. The Morgan fingerprint density at radius 1 is 1.39 bits per heavy atom. The van der Waals surface area contributed by atoms with Crippen LogP contribution in [0.25, 0.3) is 0 Å². The molecule has 1 heterocycles. The number of carbonyl (C=O) groups is 1. The predicted molar refractivity (Wildman–Crippen MR) is 69.4 cm³/mol. The fourth-order valence-corrected chi connectivity index (χ4v) is 1.65. The van der Waals surface area contributed by atoms with Gasteiger partial charge in [-0.2, -0.15) is 0 Å². The molecule has 1 amide bonds. The van der Waals surface area contributed by atoms with Crippen LogP contribution in [0.3, 0.4) is 0 Å². The van der Waals surface area contributed by atoms with Gasteiger partial charge in [-0.25, -0.2) is 9.97 Å². The van der Waals surface area contributed by atoms with E-state index in [0.717, 1.165) is 0 Å². The third-order valence-corrected chi connectivity index (χ3v) is 3.24. The lowest BCUT2D eigenvalue weighted by Gasteiger charge is -2.25. The maximum atomic E-state index is 12.0. The van der Waals surface area contributed by atoms with Gasteiger partial charge in [0.2, 0.25) is 0 Å². The third-order valence-electron chi connectivity index (χ3n) is 3.24. The van der Waals surface area contributed by atoms with Crippen LogP contribution in [-0.2, 0) is 0 Å². The fraction of sp³-hybridized carbons (Fsp3) is 0.615.